The number of aliphatic hydroxyl groups is 1. The molecule has 1 aliphatic rings. The molecular weight excluding hydrogens is 156 g/mol. The second-order valence-electron chi connectivity index (χ2n) is 2.91. The predicted octanol–water partition coefficient (Wildman–Crippen LogP) is 1.59. The maximum atomic E-state index is 11.3. The van der Waals surface area contributed by atoms with E-state index in [1.54, 1.807) is 0 Å². The lowest BCUT2D eigenvalue weighted by molar-refractivity contribution is -0.131. The number of hydrogen-bond acceptors (Lipinski definition) is 3. The summed E-state index contributed by atoms with van der Waals surface area (Å²) in [6, 6.07) is 0. The van der Waals surface area contributed by atoms with Crippen LogP contribution in [0, 0.1) is 0 Å². The molecule has 1 aliphatic carbocycles. The molecule has 1 fully saturated rings. The Morgan fingerprint density at radius 2 is 2.50 bits per heavy atom. The topological polar surface area (TPSA) is 46.5 Å². The molecule has 0 saturated heterocycles. The zero-order chi connectivity index (χ0) is 8.97. The van der Waals surface area contributed by atoms with Gasteiger partial charge in [-0.2, -0.15) is 0 Å². The zero-order valence-corrected chi connectivity index (χ0v) is 7.25. The molecular formula is C9H14O3. The van der Waals surface area contributed by atoms with E-state index >= 15 is 0 Å². The quantitative estimate of drug-likeness (QED) is 0.640. The van der Waals surface area contributed by atoms with Crippen LogP contribution in [0.1, 0.15) is 26.2 Å². The summed E-state index contributed by atoms with van der Waals surface area (Å²) in [5.74, 6) is 0.0865. The van der Waals surface area contributed by atoms with Crippen molar-refractivity contribution in [2.45, 2.75) is 32.3 Å². The number of aliphatic hydroxyl groups excluding tert-OH is 1. The number of carbonyl (C=O) groups excluding carboxylic acids is 1. The van der Waals surface area contributed by atoms with Crippen molar-refractivity contribution in [3.63, 3.8) is 0 Å². The normalized spacial score (nSPS) is 27.9. The van der Waals surface area contributed by atoms with Gasteiger partial charge in [0.1, 0.15) is 6.10 Å². The van der Waals surface area contributed by atoms with Crippen molar-refractivity contribution in [3.8, 4) is 0 Å². The Bertz CT molecular complexity index is 196. The Balaban J connectivity index is 2.48. The highest BCUT2D eigenvalue weighted by Gasteiger charge is 2.24. The molecule has 1 atom stereocenters. The van der Waals surface area contributed by atoms with Crippen molar-refractivity contribution in [2.24, 2.45) is 0 Å². The highest BCUT2D eigenvalue weighted by molar-refractivity contribution is 5.86. The van der Waals surface area contributed by atoms with Gasteiger partial charge in [-0.3, -0.25) is 4.79 Å². The number of rotatable bonds is 2. The van der Waals surface area contributed by atoms with Gasteiger partial charge >= 0.3 is 0 Å². The summed E-state index contributed by atoms with van der Waals surface area (Å²) in [5.41, 5.74) is 0.816. The average molecular weight is 170 g/mol. The largest absolute Gasteiger partial charge is 0.516 e. The van der Waals surface area contributed by atoms with Gasteiger partial charge in [0.05, 0.1) is 6.26 Å². The summed E-state index contributed by atoms with van der Waals surface area (Å²) >= 11 is 0. The number of carbonyl (C=O) groups is 1. The summed E-state index contributed by atoms with van der Waals surface area (Å²) in [6.07, 6.45) is 2.63. The van der Waals surface area contributed by atoms with Crippen molar-refractivity contribution >= 4 is 5.78 Å². The lowest BCUT2D eigenvalue weighted by Crippen LogP contribution is -2.28. The van der Waals surface area contributed by atoms with Gasteiger partial charge in [0, 0.05) is 13.0 Å². The molecule has 0 aromatic heterocycles. The van der Waals surface area contributed by atoms with Gasteiger partial charge in [-0.15, -0.1) is 0 Å². The van der Waals surface area contributed by atoms with Gasteiger partial charge in [0.15, 0.2) is 5.78 Å². The van der Waals surface area contributed by atoms with E-state index < -0.39 is 0 Å². The van der Waals surface area contributed by atoms with E-state index in [-0.39, 0.29) is 11.9 Å². The molecule has 0 bridgehead atoms. The van der Waals surface area contributed by atoms with Gasteiger partial charge < -0.3 is 9.84 Å². The van der Waals surface area contributed by atoms with Crippen LogP contribution in [-0.4, -0.2) is 23.6 Å². The fourth-order valence-electron chi connectivity index (χ4n) is 1.39. The monoisotopic (exact) mass is 170 g/mol. The number of ether oxygens (including phenoxy) is 1. The van der Waals surface area contributed by atoms with Gasteiger partial charge in [-0.05, 0) is 25.3 Å². The van der Waals surface area contributed by atoms with E-state index in [1.807, 2.05) is 6.92 Å². The average Bonchev–Trinajstić information content (AvgIpc) is 2.09. The third-order valence-electron chi connectivity index (χ3n) is 2.04. The maximum absolute atomic E-state index is 11.3. The highest BCUT2D eigenvalue weighted by Crippen LogP contribution is 2.22. The van der Waals surface area contributed by atoms with Crippen LogP contribution in [0.15, 0.2) is 11.8 Å². The standard InChI is InChI=1S/C9H14O3/c1-2-12-9-4-3-7(6-10)5-8(9)11/h6,9-10H,2-5H2,1H3/b7-6+. The molecule has 0 aromatic carbocycles. The second-order valence-corrected chi connectivity index (χ2v) is 2.91. The Morgan fingerprint density at radius 1 is 1.75 bits per heavy atom. The van der Waals surface area contributed by atoms with E-state index in [9.17, 15) is 4.79 Å². The Hall–Kier alpha value is -0.830. The second kappa shape index (κ2) is 4.26. The summed E-state index contributed by atoms with van der Waals surface area (Å²) in [7, 11) is 0. The molecule has 68 valence electrons. The van der Waals surface area contributed by atoms with Crippen LogP contribution in [0.25, 0.3) is 0 Å². The summed E-state index contributed by atoms with van der Waals surface area (Å²) in [4.78, 5) is 11.3. The number of allylic oxidation sites excluding steroid dienone is 1. The molecule has 3 nitrogen and oxygen atoms in total. The van der Waals surface area contributed by atoms with Gasteiger partial charge in [-0.25, -0.2) is 0 Å². The van der Waals surface area contributed by atoms with Crippen molar-refractivity contribution < 1.29 is 14.6 Å². The van der Waals surface area contributed by atoms with Crippen molar-refractivity contribution in [1.29, 1.82) is 0 Å². The smallest absolute Gasteiger partial charge is 0.165 e. The highest BCUT2D eigenvalue weighted by atomic mass is 16.5. The van der Waals surface area contributed by atoms with Crippen LogP contribution in [0.4, 0.5) is 0 Å². The molecule has 1 unspecified atom stereocenters. The fraction of sp³-hybridized carbons (Fsp3) is 0.667. The van der Waals surface area contributed by atoms with E-state index in [1.165, 1.54) is 0 Å². The van der Waals surface area contributed by atoms with E-state index in [0.717, 1.165) is 18.3 Å². The lowest BCUT2D eigenvalue weighted by atomic mass is 9.92. The Labute approximate surface area is 72.0 Å². The third kappa shape index (κ3) is 2.08. The molecule has 1 N–H and O–H groups in total. The predicted molar refractivity (Wildman–Crippen MR) is 45.0 cm³/mol. The van der Waals surface area contributed by atoms with Crippen molar-refractivity contribution in [3.05, 3.63) is 11.8 Å². The summed E-state index contributed by atoms with van der Waals surface area (Å²) in [5, 5.41) is 8.67. The van der Waals surface area contributed by atoms with Gasteiger partial charge in [0.2, 0.25) is 0 Å². The Kier molecular flexibility index (Phi) is 3.29. The fourth-order valence-corrected chi connectivity index (χ4v) is 1.39. The van der Waals surface area contributed by atoms with Crippen LogP contribution in [-0.2, 0) is 9.53 Å². The first kappa shape index (κ1) is 9.26. The number of hydrogen-bond donors (Lipinski definition) is 1. The SMILES string of the molecule is CCOC1CC/C(=C\O)CC1=O. The van der Waals surface area contributed by atoms with Crippen LogP contribution < -0.4 is 0 Å². The van der Waals surface area contributed by atoms with E-state index in [2.05, 4.69) is 0 Å². The van der Waals surface area contributed by atoms with Crippen molar-refractivity contribution in [2.75, 3.05) is 6.61 Å². The molecule has 0 radical (unpaired) electrons. The first-order chi connectivity index (χ1) is 5.77. The first-order valence-corrected chi connectivity index (χ1v) is 4.24. The molecule has 0 heterocycles. The lowest BCUT2D eigenvalue weighted by Gasteiger charge is -2.21. The molecule has 0 spiro atoms. The minimum absolute atomic E-state index is 0.0865. The van der Waals surface area contributed by atoms with Crippen LogP contribution in [0.2, 0.25) is 0 Å². The minimum Gasteiger partial charge on any atom is -0.516 e. The molecule has 0 aliphatic heterocycles. The molecule has 3 heteroatoms. The van der Waals surface area contributed by atoms with E-state index in [0.29, 0.717) is 19.4 Å². The molecule has 1 saturated carbocycles. The van der Waals surface area contributed by atoms with E-state index in [4.69, 9.17) is 9.84 Å². The number of Topliss-reactive ketones (excluding diaryl/α,β-unsaturated/α-hetero) is 1. The minimum atomic E-state index is -0.237. The first-order valence-electron chi connectivity index (χ1n) is 4.24. The van der Waals surface area contributed by atoms with Crippen LogP contribution >= 0.6 is 0 Å². The molecule has 1 rings (SSSR count). The summed E-state index contributed by atoms with van der Waals surface area (Å²) < 4.78 is 5.23. The Morgan fingerprint density at radius 3 is 3.00 bits per heavy atom. The van der Waals surface area contributed by atoms with Crippen LogP contribution in [0.5, 0.6) is 0 Å². The van der Waals surface area contributed by atoms with Crippen molar-refractivity contribution in [1.82, 2.24) is 0 Å². The molecule has 12 heavy (non-hydrogen) atoms. The maximum Gasteiger partial charge on any atom is 0.165 e. The third-order valence-corrected chi connectivity index (χ3v) is 2.04. The molecule has 0 aromatic rings. The van der Waals surface area contributed by atoms with Crippen LogP contribution in [0.3, 0.4) is 0 Å². The summed E-state index contributed by atoms with van der Waals surface area (Å²) in [6.45, 7) is 2.46. The molecule has 0 amide bonds. The van der Waals surface area contributed by atoms with Gasteiger partial charge in [0.25, 0.3) is 0 Å². The van der Waals surface area contributed by atoms with Gasteiger partial charge in [-0.1, -0.05) is 0 Å². The number of ketones is 1. The zero-order valence-electron chi connectivity index (χ0n) is 7.25.